The molecule has 0 aromatic heterocycles. The largest absolute Gasteiger partial charge is 0.390 e. The van der Waals surface area contributed by atoms with Crippen molar-refractivity contribution in [2.45, 2.75) is 63.6 Å². The van der Waals surface area contributed by atoms with Crippen molar-refractivity contribution in [3.8, 4) is 0 Å². The van der Waals surface area contributed by atoms with Crippen molar-refractivity contribution in [3.63, 3.8) is 0 Å². The second-order valence-corrected chi connectivity index (χ2v) is 7.31. The Morgan fingerprint density at radius 1 is 1.26 bits per heavy atom. The van der Waals surface area contributed by atoms with Crippen LogP contribution < -0.4 is 0 Å². The smallest absolute Gasteiger partial charge is 0.126 e. The van der Waals surface area contributed by atoms with Crippen molar-refractivity contribution >= 4 is 0 Å². The molecule has 1 unspecified atom stereocenters. The monoisotopic (exact) mass is 266 g/mol. The Morgan fingerprint density at radius 3 is 2.58 bits per heavy atom. The van der Waals surface area contributed by atoms with Crippen LogP contribution in [0.25, 0.3) is 0 Å². The summed E-state index contributed by atoms with van der Waals surface area (Å²) in [4.78, 5) is 0. The average Bonchev–Trinajstić information content (AvgIpc) is 3.08. The lowest BCUT2D eigenvalue weighted by atomic mass is 9.52. The third-order valence-electron chi connectivity index (χ3n) is 6.55. The zero-order chi connectivity index (χ0) is 13.6. The first-order chi connectivity index (χ1) is 8.84. The van der Waals surface area contributed by atoms with E-state index in [1.807, 2.05) is 13.0 Å². The van der Waals surface area contributed by atoms with Gasteiger partial charge in [-0.05, 0) is 25.3 Å². The Balaban J connectivity index is 1.86. The van der Waals surface area contributed by atoms with Gasteiger partial charge in [-0.1, -0.05) is 19.9 Å². The van der Waals surface area contributed by atoms with Gasteiger partial charge < -0.3 is 19.7 Å². The normalized spacial score (nSPS) is 62.9. The highest BCUT2D eigenvalue weighted by Crippen LogP contribution is 2.71. The van der Waals surface area contributed by atoms with E-state index >= 15 is 0 Å². The average molecular weight is 266 g/mol. The van der Waals surface area contributed by atoms with Gasteiger partial charge in [0.05, 0.1) is 24.9 Å². The quantitative estimate of drug-likeness (QED) is 0.507. The number of hydrogen-bond acceptors (Lipinski definition) is 4. The Morgan fingerprint density at radius 2 is 1.95 bits per heavy atom. The van der Waals surface area contributed by atoms with E-state index in [1.54, 1.807) is 0 Å². The minimum Gasteiger partial charge on any atom is -0.390 e. The van der Waals surface area contributed by atoms with Gasteiger partial charge in [0, 0.05) is 10.8 Å². The van der Waals surface area contributed by atoms with Crippen molar-refractivity contribution in [1.29, 1.82) is 0 Å². The molecular formula is C15H22O4. The minimum absolute atomic E-state index is 0.0297. The number of fused-ring (bicyclic) bond motifs is 2. The van der Waals surface area contributed by atoms with Crippen molar-refractivity contribution in [2.24, 2.45) is 10.8 Å². The molecule has 4 heteroatoms. The van der Waals surface area contributed by atoms with Crippen LogP contribution in [-0.4, -0.2) is 46.8 Å². The number of hydrogen-bond donors (Lipinski definition) is 2. The van der Waals surface area contributed by atoms with Gasteiger partial charge >= 0.3 is 0 Å². The van der Waals surface area contributed by atoms with E-state index < -0.39 is 12.2 Å². The van der Waals surface area contributed by atoms with Crippen molar-refractivity contribution in [2.75, 3.05) is 6.61 Å². The lowest BCUT2D eigenvalue weighted by molar-refractivity contribution is -0.204. The van der Waals surface area contributed by atoms with Crippen LogP contribution in [0.2, 0.25) is 0 Å². The van der Waals surface area contributed by atoms with Gasteiger partial charge in [0.15, 0.2) is 0 Å². The van der Waals surface area contributed by atoms with Gasteiger partial charge in [-0.25, -0.2) is 0 Å². The second-order valence-electron chi connectivity index (χ2n) is 7.31. The highest BCUT2D eigenvalue weighted by molar-refractivity contribution is 5.32. The van der Waals surface area contributed by atoms with Crippen LogP contribution in [0.4, 0.5) is 0 Å². The number of aliphatic hydroxyl groups is 2. The molecule has 2 heterocycles. The maximum Gasteiger partial charge on any atom is 0.126 e. The Hall–Kier alpha value is -0.420. The Bertz CT molecular complexity index is 469. The summed E-state index contributed by atoms with van der Waals surface area (Å²) in [5.74, 6) is 0. The summed E-state index contributed by atoms with van der Waals surface area (Å²) in [6.07, 6.45) is 2.32. The summed E-state index contributed by atoms with van der Waals surface area (Å²) in [5, 5.41) is 20.6. The molecule has 4 aliphatic rings. The molecule has 106 valence electrons. The number of epoxide rings is 1. The molecule has 0 amide bonds. The maximum atomic E-state index is 10.3. The van der Waals surface area contributed by atoms with E-state index in [4.69, 9.17) is 9.47 Å². The molecule has 19 heavy (non-hydrogen) atoms. The molecule has 0 radical (unpaired) electrons. The van der Waals surface area contributed by atoms with E-state index in [-0.39, 0.29) is 28.6 Å². The molecule has 7 atom stereocenters. The van der Waals surface area contributed by atoms with Crippen molar-refractivity contribution in [3.05, 3.63) is 11.6 Å². The topological polar surface area (TPSA) is 62.2 Å². The molecule has 2 aliphatic carbocycles. The van der Waals surface area contributed by atoms with Crippen LogP contribution in [0.5, 0.6) is 0 Å². The van der Waals surface area contributed by atoms with Gasteiger partial charge in [-0.2, -0.15) is 0 Å². The lowest BCUT2D eigenvalue weighted by Crippen LogP contribution is -2.62. The number of aliphatic hydroxyl groups excluding tert-OH is 2. The van der Waals surface area contributed by atoms with Gasteiger partial charge in [-0.3, -0.25) is 0 Å². The summed E-state index contributed by atoms with van der Waals surface area (Å²) < 4.78 is 12.0. The van der Waals surface area contributed by atoms with Gasteiger partial charge in [0.2, 0.25) is 0 Å². The van der Waals surface area contributed by atoms with E-state index in [9.17, 15) is 10.2 Å². The number of ether oxygens (including phenoxy) is 2. The van der Waals surface area contributed by atoms with E-state index in [1.165, 1.54) is 0 Å². The van der Waals surface area contributed by atoms with Crippen LogP contribution in [0.3, 0.4) is 0 Å². The standard InChI is InChI=1S/C15H22O4/c1-8-4-11-13(2,5-9(8)16)14(3)6-10(17)12(19-11)15(14)7-18-15/h4,9-12,16-17H,5-7H2,1-3H3/t9?,10-,11-,12-,13+,14-,15+/m1/s1. The summed E-state index contributed by atoms with van der Waals surface area (Å²) >= 11 is 0. The summed E-state index contributed by atoms with van der Waals surface area (Å²) in [5.41, 5.74) is 0.338. The fraction of sp³-hybridized carbons (Fsp3) is 0.867. The van der Waals surface area contributed by atoms with Crippen LogP contribution >= 0.6 is 0 Å². The highest BCUT2D eigenvalue weighted by atomic mass is 16.6. The van der Waals surface area contributed by atoms with Crippen LogP contribution in [0.15, 0.2) is 11.6 Å². The van der Waals surface area contributed by atoms with E-state index in [0.29, 0.717) is 19.4 Å². The van der Waals surface area contributed by atoms with Gasteiger partial charge in [0.25, 0.3) is 0 Å². The fourth-order valence-corrected chi connectivity index (χ4v) is 4.90. The first-order valence-electron chi connectivity index (χ1n) is 7.18. The zero-order valence-electron chi connectivity index (χ0n) is 11.7. The van der Waals surface area contributed by atoms with Gasteiger partial charge in [-0.15, -0.1) is 0 Å². The molecule has 4 rings (SSSR count). The predicted octanol–water partition coefficient (Wildman–Crippen LogP) is 1.01. The van der Waals surface area contributed by atoms with Crippen LogP contribution in [0, 0.1) is 10.8 Å². The molecule has 2 saturated heterocycles. The highest BCUT2D eigenvalue weighted by Gasteiger charge is 2.80. The Kier molecular flexibility index (Phi) is 2.11. The summed E-state index contributed by atoms with van der Waals surface area (Å²) in [6, 6.07) is 0. The SMILES string of the molecule is CC1=C[C@H]2O[C@@H]3[C@H](O)C[C@](C)([C@@]2(C)CC1O)[C@]31CO1. The molecule has 1 saturated carbocycles. The zero-order valence-corrected chi connectivity index (χ0v) is 11.7. The summed E-state index contributed by atoms with van der Waals surface area (Å²) in [7, 11) is 0. The molecule has 0 aromatic carbocycles. The Labute approximate surface area is 113 Å². The predicted molar refractivity (Wildman–Crippen MR) is 68.6 cm³/mol. The third-order valence-corrected chi connectivity index (χ3v) is 6.55. The molecule has 2 N–H and O–H groups in total. The lowest BCUT2D eigenvalue weighted by Gasteiger charge is -2.57. The first-order valence-corrected chi connectivity index (χ1v) is 7.18. The summed E-state index contributed by atoms with van der Waals surface area (Å²) in [6.45, 7) is 7.01. The first kappa shape index (κ1) is 12.3. The third kappa shape index (κ3) is 1.16. The minimum atomic E-state index is -0.458. The molecule has 3 fully saturated rings. The van der Waals surface area contributed by atoms with E-state index in [2.05, 4.69) is 13.8 Å². The number of rotatable bonds is 0. The molecule has 1 spiro atoms. The fourth-order valence-electron chi connectivity index (χ4n) is 4.90. The van der Waals surface area contributed by atoms with Crippen molar-refractivity contribution in [1.82, 2.24) is 0 Å². The van der Waals surface area contributed by atoms with Crippen molar-refractivity contribution < 1.29 is 19.7 Å². The van der Waals surface area contributed by atoms with Crippen LogP contribution in [-0.2, 0) is 9.47 Å². The molecule has 2 aliphatic heterocycles. The van der Waals surface area contributed by atoms with E-state index in [0.717, 1.165) is 5.57 Å². The molecule has 2 bridgehead atoms. The molecule has 0 aromatic rings. The van der Waals surface area contributed by atoms with Gasteiger partial charge in [0.1, 0.15) is 11.7 Å². The molecular weight excluding hydrogens is 244 g/mol. The van der Waals surface area contributed by atoms with Crippen LogP contribution in [0.1, 0.15) is 33.6 Å². The molecule has 4 nitrogen and oxygen atoms in total. The second kappa shape index (κ2) is 3.25. The maximum absolute atomic E-state index is 10.3.